The van der Waals surface area contributed by atoms with Crippen molar-refractivity contribution >= 4 is 45.9 Å². The number of hydrogen-bond acceptors (Lipinski definition) is 5. The molecule has 2 aromatic heterocycles. The molecular weight excluding hydrogens is 430 g/mol. The van der Waals surface area contributed by atoms with Crippen LogP contribution < -0.4 is 0 Å². The van der Waals surface area contributed by atoms with Gasteiger partial charge in [-0.2, -0.15) is 0 Å². The minimum absolute atomic E-state index is 0.0952. The molecule has 3 heterocycles. The standard InChI is InChI=1S/C24H22ClN3O4/c1-15(29)24(31)28-8-6-17(7-9-28)20-13-27-23-19(20)10-16(12-26-23)11-22(30)32-14-18-4-2-3-5-21(18)25/h2-6,10,12-13H,7-9,11,14H2,1H3,(H,26,27). The lowest BCUT2D eigenvalue weighted by molar-refractivity contribution is -0.144. The summed E-state index contributed by atoms with van der Waals surface area (Å²) >= 11 is 6.11. The van der Waals surface area contributed by atoms with Gasteiger partial charge in [0.05, 0.1) is 6.42 Å². The van der Waals surface area contributed by atoms with Crippen LogP contribution in [-0.2, 0) is 32.1 Å². The van der Waals surface area contributed by atoms with Gasteiger partial charge in [0.25, 0.3) is 5.91 Å². The number of aromatic nitrogens is 2. The van der Waals surface area contributed by atoms with Crippen molar-refractivity contribution in [1.29, 1.82) is 0 Å². The Bertz CT molecular complexity index is 1230. The number of fused-ring (bicyclic) bond motifs is 1. The molecule has 0 fully saturated rings. The molecule has 0 atom stereocenters. The zero-order valence-corrected chi connectivity index (χ0v) is 18.3. The minimum Gasteiger partial charge on any atom is -0.460 e. The van der Waals surface area contributed by atoms with E-state index in [2.05, 4.69) is 9.97 Å². The van der Waals surface area contributed by atoms with Gasteiger partial charge in [0.15, 0.2) is 0 Å². The summed E-state index contributed by atoms with van der Waals surface area (Å²) in [5.74, 6) is -1.28. The number of Topliss-reactive ketones (excluding diaryl/α,β-unsaturated/α-hetero) is 1. The number of nitrogens with zero attached hydrogens (tertiary/aromatic N) is 2. The first-order chi connectivity index (χ1) is 15.4. The summed E-state index contributed by atoms with van der Waals surface area (Å²) in [4.78, 5) is 44.7. The number of H-pyrrole nitrogens is 1. The largest absolute Gasteiger partial charge is 0.460 e. The SMILES string of the molecule is CC(=O)C(=O)N1CC=C(c2c[nH]c3ncc(CC(=O)OCc4ccccc4Cl)cc23)CC1. The second kappa shape index (κ2) is 9.36. The molecule has 8 heteroatoms. The van der Waals surface area contributed by atoms with Crippen molar-refractivity contribution in [1.82, 2.24) is 14.9 Å². The molecule has 32 heavy (non-hydrogen) atoms. The van der Waals surface area contributed by atoms with E-state index in [1.165, 1.54) is 6.92 Å². The van der Waals surface area contributed by atoms with Crippen LogP contribution in [0.4, 0.5) is 0 Å². The molecule has 164 valence electrons. The molecule has 1 amide bonds. The van der Waals surface area contributed by atoms with Crippen molar-refractivity contribution in [2.45, 2.75) is 26.4 Å². The molecule has 0 saturated heterocycles. The summed E-state index contributed by atoms with van der Waals surface area (Å²) in [6.07, 6.45) is 6.22. The van der Waals surface area contributed by atoms with Crippen molar-refractivity contribution in [3.8, 4) is 0 Å². The van der Waals surface area contributed by atoms with Gasteiger partial charge < -0.3 is 14.6 Å². The monoisotopic (exact) mass is 451 g/mol. The van der Waals surface area contributed by atoms with Crippen LogP contribution in [0.15, 0.2) is 48.8 Å². The number of esters is 1. The Kier molecular flexibility index (Phi) is 6.37. The minimum atomic E-state index is -0.460. The van der Waals surface area contributed by atoms with E-state index >= 15 is 0 Å². The van der Waals surface area contributed by atoms with E-state index in [1.54, 1.807) is 17.2 Å². The number of aromatic amines is 1. The average molecular weight is 452 g/mol. The van der Waals surface area contributed by atoms with Gasteiger partial charge in [-0.3, -0.25) is 14.4 Å². The third-order valence-electron chi connectivity index (χ3n) is 5.43. The second-order valence-electron chi connectivity index (χ2n) is 7.66. The number of hydrogen-bond donors (Lipinski definition) is 1. The summed E-state index contributed by atoms with van der Waals surface area (Å²) in [5.41, 5.74) is 4.27. The van der Waals surface area contributed by atoms with Crippen LogP contribution in [0.2, 0.25) is 5.02 Å². The van der Waals surface area contributed by atoms with E-state index in [-0.39, 0.29) is 19.0 Å². The maximum absolute atomic E-state index is 12.3. The van der Waals surface area contributed by atoms with Crippen molar-refractivity contribution in [2.24, 2.45) is 0 Å². The molecule has 1 aromatic carbocycles. The van der Waals surface area contributed by atoms with Gasteiger partial charge in [0.1, 0.15) is 12.3 Å². The van der Waals surface area contributed by atoms with Gasteiger partial charge in [0, 0.05) is 53.9 Å². The first kappa shape index (κ1) is 21.8. The zero-order chi connectivity index (χ0) is 22.7. The Morgan fingerprint density at radius 1 is 1.25 bits per heavy atom. The lowest BCUT2D eigenvalue weighted by atomic mass is 9.98. The van der Waals surface area contributed by atoms with Gasteiger partial charge in [-0.1, -0.05) is 35.9 Å². The molecule has 0 saturated carbocycles. The first-order valence-electron chi connectivity index (χ1n) is 10.3. The lowest BCUT2D eigenvalue weighted by Gasteiger charge is -2.25. The van der Waals surface area contributed by atoms with E-state index in [0.717, 1.165) is 33.3 Å². The van der Waals surface area contributed by atoms with E-state index < -0.39 is 11.7 Å². The number of amides is 1. The highest BCUT2D eigenvalue weighted by atomic mass is 35.5. The number of halogens is 1. The number of ketones is 1. The van der Waals surface area contributed by atoms with Crippen LogP contribution in [0.3, 0.4) is 0 Å². The lowest BCUT2D eigenvalue weighted by Crippen LogP contribution is -2.38. The van der Waals surface area contributed by atoms with Crippen molar-refractivity contribution in [2.75, 3.05) is 13.1 Å². The molecular formula is C24H22ClN3O4. The molecule has 0 radical (unpaired) electrons. The normalized spacial score (nSPS) is 13.7. The Hall–Kier alpha value is -3.45. The molecule has 0 unspecified atom stereocenters. The molecule has 1 N–H and O–H groups in total. The predicted octanol–water partition coefficient (Wildman–Crippen LogP) is 3.71. The molecule has 0 bridgehead atoms. The fourth-order valence-electron chi connectivity index (χ4n) is 3.72. The Balaban J connectivity index is 1.46. The number of nitrogens with one attached hydrogen (secondary N) is 1. The van der Waals surface area contributed by atoms with Crippen molar-refractivity contribution < 1.29 is 19.1 Å². The van der Waals surface area contributed by atoms with E-state index in [9.17, 15) is 14.4 Å². The zero-order valence-electron chi connectivity index (χ0n) is 17.6. The maximum atomic E-state index is 12.3. The Labute approximate surface area is 190 Å². The quantitative estimate of drug-likeness (QED) is 0.455. The average Bonchev–Trinajstić information content (AvgIpc) is 3.21. The topological polar surface area (TPSA) is 92.4 Å². The van der Waals surface area contributed by atoms with Crippen LogP contribution >= 0.6 is 11.6 Å². The van der Waals surface area contributed by atoms with Crippen molar-refractivity contribution in [3.63, 3.8) is 0 Å². The van der Waals surface area contributed by atoms with E-state index in [4.69, 9.17) is 16.3 Å². The van der Waals surface area contributed by atoms with Gasteiger partial charge in [-0.15, -0.1) is 0 Å². The summed E-state index contributed by atoms with van der Waals surface area (Å²) in [5, 5.41) is 1.46. The van der Waals surface area contributed by atoms with E-state index in [0.29, 0.717) is 24.5 Å². The molecule has 1 aliphatic rings. The van der Waals surface area contributed by atoms with E-state index in [1.807, 2.05) is 36.5 Å². The number of rotatable bonds is 6. The number of benzene rings is 1. The maximum Gasteiger partial charge on any atom is 0.310 e. The van der Waals surface area contributed by atoms with Crippen LogP contribution in [0.5, 0.6) is 0 Å². The molecule has 1 aliphatic heterocycles. The first-order valence-corrected chi connectivity index (χ1v) is 10.6. The second-order valence-corrected chi connectivity index (χ2v) is 8.06. The van der Waals surface area contributed by atoms with Gasteiger partial charge >= 0.3 is 5.97 Å². The fraction of sp³-hybridized carbons (Fsp3) is 0.250. The van der Waals surface area contributed by atoms with Crippen LogP contribution in [-0.4, -0.2) is 45.6 Å². The predicted molar refractivity (Wildman–Crippen MR) is 121 cm³/mol. The fourth-order valence-corrected chi connectivity index (χ4v) is 3.91. The summed E-state index contributed by atoms with van der Waals surface area (Å²) in [6.45, 7) is 2.28. The van der Waals surface area contributed by atoms with Gasteiger partial charge in [-0.25, -0.2) is 4.98 Å². The van der Waals surface area contributed by atoms with Gasteiger partial charge in [-0.05, 0) is 29.7 Å². The highest BCUT2D eigenvalue weighted by molar-refractivity contribution is 6.35. The Morgan fingerprint density at radius 3 is 2.78 bits per heavy atom. The summed E-state index contributed by atoms with van der Waals surface area (Å²) < 4.78 is 5.37. The molecule has 0 spiro atoms. The highest BCUT2D eigenvalue weighted by Gasteiger charge is 2.22. The molecule has 0 aliphatic carbocycles. The van der Waals surface area contributed by atoms with Crippen LogP contribution in [0.25, 0.3) is 16.6 Å². The third kappa shape index (κ3) is 4.73. The Morgan fingerprint density at radius 2 is 2.06 bits per heavy atom. The van der Waals surface area contributed by atoms with Crippen LogP contribution in [0, 0.1) is 0 Å². The molecule has 3 aromatic rings. The van der Waals surface area contributed by atoms with Crippen LogP contribution in [0.1, 0.15) is 30.0 Å². The number of ether oxygens (including phenoxy) is 1. The molecule has 4 rings (SSSR count). The summed E-state index contributed by atoms with van der Waals surface area (Å²) in [6, 6.07) is 9.17. The number of pyridine rings is 1. The van der Waals surface area contributed by atoms with Gasteiger partial charge in [0.2, 0.25) is 5.78 Å². The highest BCUT2D eigenvalue weighted by Crippen LogP contribution is 2.29. The smallest absolute Gasteiger partial charge is 0.310 e. The van der Waals surface area contributed by atoms with Crippen molar-refractivity contribution in [3.05, 3.63) is 70.5 Å². The summed E-state index contributed by atoms with van der Waals surface area (Å²) in [7, 11) is 0. The number of carbonyl (C=O) groups excluding carboxylic acids is 3. The molecule has 7 nitrogen and oxygen atoms in total. The third-order valence-corrected chi connectivity index (χ3v) is 5.79. The number of carbonyl (C=O) groups is 3.